The van der Waals surface area contributed by atoms with Gasteiger partial charge in [0, 0.05) is 31.6 Å². The van der Waals surface area contributed by atoms with E-state index in [-0.39, 0.29) is 17.7 Å². The Morgan fingerprint density at radius 1 is 1.33 bits per heavy atom. The Hall–Kier alpha value is -1.97. The molecule has 1 aliphatic heterocycles. The maximum Gasteiger partial charge on any atom is 0.417 e. The largest absolute Gasteiger partial charge is 0.417 e. The third kappa shape index (κ3) is 5.59. The third-order valence-corrected chi connectivity index (χ3v) is 4.14. The van der Waals surface area contributed by atoms with Gasteiger partial charge in [0.1, 0.15) is 12.4 Å². The molecule has 0 spiro atoms. The van der Waals surface area contributed by atoms with Gasteiger partial charge in [0.2, 0.25) is 5.91 Å². The molecule has 0 bridgehead atoms. The minimum absolute atomic E-state index is 0.0553. The van der Waals surface area contributed by atoms with Crippen LogP contribution in [0.2, 0.25) is 0 Å². The van der Waals surface area contributed by atoms with Crippen LogP contribution in [0.15, 0.2) is 18.3 Å². The van der Waals surface area contributed by atoms with E-state index in [0.29, 0.717) is 37.6 Å². The van der Waals surface area contributed by atoms with Gasteiger partial charge in [-0.05, 0) is 18.6 Å². The Morgan fingerprint density at radius 3 is 2.71 bits per heavy atom. The van der Waals surface area contributed by atoms with E-state index < -0.39 is 11.7 Å². The summed E-state index contributed by atoms with van der Waals surface area (Å²) in [5, 5.41) is 5.49. The van der Waals surface area contributed by atoms with Gasteiger partial charge in [-0.3, -0.25) is 9.59 Å². The molecule has 132 valence electrons. The van der Waals surface area contributed by atoms with Gasteiger partial charge in [-0.15, -0.1) is 0 Å². The van der Waals surface area contributed by atoms with E-state index in [1.54, 1.807) is 0 Å². The fourth-order valence-corrected chi connectivity index (χ4v) is 2.82. The lowest BCUT2D eigenvalue weighted by atomic mass is 10.3. The summed E-state index contributed by atoms with van der Waals surface area (Å²) < 4.78 is 37.2. The molecule has 0 saturated carbocycles. The highest BCUT2D eigenvalue weighted by Gasteiger charge is 2.30. The molecule has 6 nitrogen and oxygen atoms in total. The van der Waals surface area contributed by atoms with Gasteiger partial charge >= 0.3 is 6.18 Å². The van der Waals surface area contributed by atoms with Crippen molar-refractivity contribution in [2.75, 3.05) is 37.2 Å². The molecule has 0 aliphatic carbocycles. The van der Waals surface area contributed by atoms with Crippen molar-refractivity contribution < 1.29 is 22.8 Å². The van der Waals surface area contributed by atoms with Gasteiger partial charge in [-0.1, -0.05) is 11.8 Å². The second kappa shape index (κ2) is 8.22. The van der Waals surface area contributed by atoms with Crippen LogP contribution >= 0.6 is 11.8 Å². The molecule has 1 aliphatic rings. The first-order valence-electron chi connectivity index (χ1n) is 7.32. The number of rotatable bonds is 7. The number of hydrogen-bond donors (Lipinski definition) is 2. The molecule has 1 aromatic heterocycles. The second-order valence-electron chi connectivity index (χ2n) is 5.10. The summed E-state index contributed by atoms with van der Waals surface area (Å²) in [7, 11) is 0. The van der Waals surface area contributed by atoms with Crippen molar-refractivity contribution in [1.82, 2.24) is 15.2 Å². The number of carbonyl (C=O) groups is 2. The fraction of sp³-hybridized carbons (Fsp3) is 0.500. The van der Waals surface area contributed by atoms with Gasteiger partial charge in [0.05, 0.1) is 5.56 Å². The predicted molar refractivity (Wildman–Crippen MR) is 84.8 cm³/mol. The molecular weight excluding hydrogens is 345 g/mol. The molecule has 24 heavy (non-hydrogen) atoms. The van der Waals surface area contributed by atoms with Crippen molar-refractivity contribution in [1.29, 1.82) is 0 Å². The first-order valence-corrected chi connectivity index (χ1v) is 8.30. The molecule has 1 aromatic rings. The number of nitrogens with one attached hydrogen (secondary N) is 2. The number of anilines is 1. The quantitative estimate of drug-likeness (QED) is 0.728. The van der Waals surface area contributed by atoms with Gasteiger partial charge in [0.15, 0.2) is 0 Å². The number of halogens is 3. The summed E-state index contributed by atoms with van der Waals surface area (Å²) >= 11 is 1.20. The third-order valence-electron chi connectivity index (χ3n) is 3.25. The number of hydrogen-bond acceptors (Lipinski definition) is 5. The molecule has 1 saturated heterocycles. The highest BCUT2D eigenvalue weighted by molar-refractivity contribution is 8.13. The topological polar surface area (TPSA) is 74.3 Å². The van der Waals surface area contributed by atoms with Crippen molar-refractivity contribution in [2.45, 2.75) is 12.6 Å². The summed E-state index contributed by atoms with van der Waals surface area (Å²) in [6.07, 6.45) is -3.04. The lowest BCUT2D eigenvalue weighted by Crippen LogP contribution is -2.37. The van der Waals surface area contributed by atoms with Crippen LogP contribution in [0.1, 0.15) is 12.0 Å². The summed E-state index contributed by atoms with van der Waals surface area (Å²) in [5.74, 6) is 0.823. The fourth-order valence-electron chi connectivity index (χ4n) is 2.00. The monoisotopic (exact) mass is 362 g/mol. The van der Waals surface area contributed by atoms with E-state index in [2.05, 4.69) is 15.6 Å². The molecule has 2 rings (SSSR count). The zero-order valence-corrected chi connectivity index (χ0v) is 13.5. The molecule has 2 amide bonds. The summed E-state index contributed by atoms with van der Waals surface area (Å²) in [5.41, 5.74) is -0.796. The predicted octanol–water partition coefficient (Wildman–Crippen LogP) is 2.19. The lowest BCUT2D eigenvalue weighted by Gasteiger charge is -2.14. The Bertz CT molecular complexity index is 580. The van der Waals surface area contributed by atoms with E-state index in [9.17, 15) is 22.8 Å². The average Bonchev–Trinajstić information content (AvgIpc) is 2.91. The molecule has 2 N–H and O–H groups in total. The number of nitrogens with zero attached hydrogens (tertiary/aromatic N) is 2. The van der Waals surface area contributed by atoms with Crippen LogP contribution in [-0.2, 0) is 11.0 Å². The van der Waals surface area contributed by atoms with Gasteiger partial charge < -0.3 is 15.5 Å². The highest BCUT2D eigenvalue weighted by Crippen LogP contribution is 2.28. The van der Waals surface area contributed by atoms with Crippen LogP contribution in [0, 0.1) is 0 Å². The van der Waals surface area contributed by atoms with Crippen LogP contribution in [0.5, 0.6) is 0 Å². The molecular formula is C14H17F3N4O2S. The Kier molecular flexibility index (Phi) is 6.29. The van der Waals surface area contributed by atoms with E-state index in [4.69, 9.17) is 0 Å². The Morgan fingerprint density at radius 2 is 2.12 bits per heavy atom. The zero-order chi connectivity index (χ0) is 17.6. The van der Waals surface area contributed by atoms with Crippen LogP contribution in [0.3, 0.4) is 0 Å². The lowest BCUT2D eigenvalue weighted by molar-refractivity contribution is -0.137. The average molecular weight is 362 g/mol. The molecule has 1 fully saturated rings. The molecule has 0 radical (unpaired) electrons. The van der Waals surface area contributed by atoms with Gasteiger partial charge in [-0.2, -0.15) is 13.2 Å². The van der Waals surface area contributed by atoms with Crippen LogP contribution in [0.25, 0.3) is 0 Å². The van der Waals surface area contributed by atoms with E-state index in [1.165, 1.54) is 22.7 Å². The molecule has 0 unspecified atom stereocenters. The first kappa shape index (κ1) is 18.4. The maximum absolute atomic E-state index is 12.4. The SMILES string of the molecule is O=C(CN1CCSC1=O)NCCCNc1ccc(C(F)(F)F)cn1. The Balaban J connectivity index is 1.61. The molecule has 0 atom stereocenters. The van der Waals surface area contributed by atoms with Gasteiger partial charge in [0.25, 0.3) is 5.24 Å². The Labute approximate surface area is 141 Å². The number of amides is 2. The molecule has 0 aromatic carbocycles. The van der Waals surface area contributed by atoms with Gasteiger partial charge in [-0.25, -0.2) is 4.98 Å². The number of aromatic nitrogens is 1. The number of pyridine rings is 1. The zero-order valence-electron chi connectivity index (χ0n) is 12.7. The van der Waals surface area contributed by atoms with Crippen molar-refractivity contribution >= 4 is 28.7 Å². The summed E-state index contributed by atoms with van der Waals surface area (Å²) in [6.45, 7) is 1.50. The highest BCUT2D eigenvalue weighted by atomic mass is 32.2. The maximum atomic E-state index is 12.4. The second-order valence-corrected chi connectivity index (χ2v) is 6.14. The number of alkyl halides is 3. The van der Waals surface area contributed by atoms with Crippen molar-refractivity contribution in [2.24, 2.45) is 0 Å². The standard InChI is InChI=1S/C14H17F3N4O2S/c15-14(16,17)10-2-3-11(20-8-10)18-4-1-5-19-12(22)9-21-6-7-24-13(21)23/h2-3,8H,1,4-7,9H2,(H,18,20)(H,19,22). The van der Waals surface area contributed by atoms with Crippen molar-refractivity contribution in [3.63, 3.8) is 0 Å². The number of carbonyl (C=O) groups excluding carboxylic acids is 2. The van der Waals surface area contributed by atoms with E-state index in [1.807, 2.05) is 0 Å². The van der Waals surface area contributed by atoms with E-state index in [0.717, 1.165) is 12.3 Å². The van der Waals surface area contributed by atoms with Crippen LogP contribution < -0.4 is 10.6 Å². The van der Waals surface area contributed by atoms with Crippen LogP contribution in [0.4, 0.5) is 23.8 Å². The first-order chi connectivity index (χ1) is 11.4. The summed E-state index contributed by atoms with van der Waals surface area (Å²) in [6, 6.07) is 2.22. The molecule has 10 heteroatoms. The van der Waals surface area contributed by atoms with Crippen LogP contribution in [-0.4, -0.2) is 53.0 Å². The number of thioether (sulfide) groups is 1. The van der Waals surface area contributed by atoms with Crippen molar-refractivity contribution in [3.8, 4) is 0 Å². The van der Waals surface area contributed by atoms with Crippen molar-refractivity contribution in [3.05, 3.63) is 23.9 Å². The normalized spacial score (nSPS) is 14.8. The minimum Gasteiger partial charge on any atom is -0.370 e. The van der Waals surface area contributed by atoms with E-state index >= 15 is 0 Å². The summed E-state index contributed by atoms with van der Waals surface area (Å²) in [4.78, 5) is 28.2. The smallest absolute Gasteiger partial charge is 0.370 e. The molecule has 2 heterocycles. The minimum atomic E-state index is -4.40.